The van der Waals surface area contributed by atoms with E-state index in [1.54, 1.807) is 48.8 Å². The van der Waals surface area contributed by atoms with Crippen LogP contribution < -0.4 is 10.6 Å². The number of hydrogen-bond donors (Lipinski definition) is 2. The first kappa shape index (κ1) is 19.0. The fourth-order valence-corrected chi connectivity index (χ4v) is 4.15. The normalized spacial score (nSPS) is 23.6. The summed E-state index contributed by atoms with van der Waals surface area (Å²) in [5.74, 6) is 0.0594. The quantitative estimate of drug-likeness (QED) is 0.852. The van der Waals surface area contributed by atoms with Crippen LogP contribution in [0.4, 0.5) is 0 Å². The first-order valence-corrected chi connectivity index (χ1v) is 9.29. The molecule has 0 radical (unpaired) electrons. The zero-order valence-electron chi connectivity index (χ0n) is 16.0. The number of rotatable bonds is 5. The molecule has 1 saturated carbocycles. The minimum Gasteiger partial charge on any atom is -0.350 e. The molecular weight excluding hydrogens is 340 g/mol. The highest BCUT2D eigenvalue weighted by molar-refractivity contribution is 5.93. The second kappa shape index (κ2) is 7.86. The summed E-state index contributed by atoms with van der Waals surface area (Å²) in [7, 11) is 0. The third-order valence-electron chi connectivity index (χ3n) is 5.47. The lowest BCUT2D eigenvalue weighted by Gasteiger charge is -2.31. The van der Waals surface area contributed by atoms with Crippen LogP contribution in [0.1, 0.15) is 48.2 Å². The molecular formula is C21H26N4O2. The van der Waals surface area contributed by atoms with Crippen LogP contribution >= 0.6 is 0 Å². The van der Waals surface area contributed by atoms with Crippen molar-refractivity contribution in [2.75, 3.05) is 6.54 Å². The van der Waals surface area contributed by atoms with Gasteiger partial charge in [-0.05, 0) is 42.0 Å². The van der Waals surface area contributed by atoms with Crippen LogP contribution in [0.15, 0.2) is 48.8 Å². The molecule has 27 heavy (non-hydrogen) atoms. The molecule has 3 atom stereocenters. The smallest absolute Gasteiger partial charge is 0.270 e. The van der Waals surface area contributed by atoms with Crippen molar-refractivity contribution in [1.82, 2.24) is 20.6 Å². The lowest BCUT2D eigenvalue weighted by atomic mass is 9.80. The van der Waals surface area contributed by atoms with E-state index in [2.05, 4.69) is 41.4 Å². The summed E-state index contributed by atoms with van der Waals surface area (Å²) < 4.78 is 0. The highest BCUT2D eigenvalue weighted by Crippen LogP contribution is 2.45. The Kier molecular flexibility index (Phi) is 5.54. The molecule has 0 unspecified atom stereocenters. The molecule has 1 aliphatic rings. The molecule has 1 fully saturated rings. The fraction of sp³-hybridized carbons (Fsp3) is 0.429. The molecule has 6 nitrogen and oxygen atoms in total. The van der Waals surface area contributed by atoms with Gasteiger partial charge in [0.2, 0.25) is 0 Å². The topological polar surface area (TPSA) is 84.0 Å². The third kappa shape index (κ3) is 4.32. The van der Waals surface area contributed by atoms with Gasteiger partial charge in [-0.1, -0.05) is 32.9 Å². The maximum absolute atomic E-state index is 12.6. The molecule has 2 aromatic rings. The Labute approximate surface area is 159 Å². The predicted molar refractivity (Wildman–Crippen MR) is 103 cm³/mol. The van der Waals surface area contributed by atoms with E-state index in [0.29, 0.717) is 23.9 Å². The van der Waals surface area contributed by atoms with E-state index >= 15 is 0 Å². The Bertz CT molecular complexity index is 792. The highest BCUT2D eigenvalue weighted by Gasteiger charge is 2.46. The van der Waals surface area contributed by atoms with E-state index in [1.807, 2.05) is 0 Å². The number of carbonyl (C=O) groups is 2. The summed E-state index contributed by atoms with van der Waals surface area (Å²) in [6.07, 6.45) is 4.19. The predicted octanol–water partition coefficient (Wildman–Crippen LogP) is 2.69. The van der Waals surface area contributed by atoms with Gasteiger partial charge in [-0.15, -0.1) is 0 Å². The zero-order valence-corrected chi connectivity index (χ0v) is 16.0. The number of amides is 2. The van der Waals surface area contributed by atoms with Crippen molar-refractivity contribution in [3.05, 3.63) is 60.2 Å². The van der Waals surface area contributed by atoms with Crippen LogP contribution in [0.3, 0.4) is 0 Å². The minimum absolute atomic E-state index is 0.00111. The lowest BCUT2D eigenvalue weighted by molar-refractivity contribution is 0.0889. The van der Waals surface area contributed by atoms with Gasteiger partial charge in [-0.25, -0.2) is 0 Å². The Morgan fingerprint density at radius 2 is 1.63 bits per heavy atom. The van der Waals surface area contributed by atoms with Gasteiger partial charge >= 0.3 is 0 Å². The van der Waals surface area contributed by atoms with Crippen molar-refractivity contribution < 1.29 is 9.59 Å². The summed E-state index contributed by atoms with van der Waals surface area (Å²) in [6, 6.07) is 10.5. The highest BCUT2D eigenvalue weighted by atomic mass is 16.2. The molecule has 2 aromatic heterocycles. The van der Waals surface area contributed by atoms with E-state index in [1.165, 1.54) is 0 Å². The number of carbonyl (C=O) groups excluding carboxylic acids is 2. The minimum atomic E-state index is -0.194. The van der Waals surface area contributed by atoms with Crippen molar-refractivity contribution in [1.29, 1.82) is 0 Å². The number of hydrogen-bond acceptors (Lipinski definition) is 4. The van der Waals surface area contributed by atoms with Crippen molar-refractivity contribution in [2.24, 2.45) is 17.3 Å². The van der Waals surface area contributed by atoms with Crippen LogP contribution in [0, 0.1) is 17.3 Å². The van der Waals surface area contributed by atoms with Gasteiger partial charge in [0.1, 0.15) is 11.4 Å². The molecule has 0 saturated heterocycles. The van der Waals surface area contributed by atoms with E-state index in [4.69, 9.17) is 0 Å². The second-order valence-corrected chi connectivity index (χ2v) is 7.92. The summed E-state index contributed by atoms with van der Waals surface area (Å²) in [6.45, 7) is 7.01. The first-order valence-electron chi connectivity index (χ1n) is 9.29. The van der Waals surface area contributed by atoms with E-state index in [0.717, 1.165) is 6.42 Å². The van der Waals surface area contributed by atoms with Crippen LogP contribution in [0.5, 0.6) is 0 Å². The molecule has 2 N–H and O–H groups in total. The molecule has 2 heterocycles. The lowest BCUT2D eigenvalue weighted by Crippen LogP contribution is -2.47. The molecule has 3 rings (SSSR count). The van der Waals surface area contributed by atoms with Crippen LogP contribution in [0.25, 0.3) is 0 Å². The number of pyridine rings is 2. The van der Waals surface area contributed by atoms with Crippen molar-refractivity contribution in [3.63, 3.8) is 0 Å². The van der Waals surface area contributed by atoms with E-state index in [-0.39, 0.29) is 29.2 Å². The van der Waals surface area contributed by atoms with Crippen molar-refractivity contribution in [2.45, 2.75) is 33.2 Å². The molecule has 2 amide bonds. The Hall–Kier alpha value is -2.76. The molecule has 6 heteroatoms. The van der Waals surface area contributed by atoms with E-state index < -0.39 is 0 Å². The van der Waals surface area contributed by atoms with Gasteiger partial charge in [-0.2, -0.15) is 0 Å². The summed E-state index contributed by atoms with van der Waals surface area (Å²) >= 11 is 0. The Morgan fingerprint density at radius 1 is 1.04 bits per heavy atom. The van der Waals surface area contributed by atoms with Gasteiger partial charge in [-0.3, -0.25) is 19.6 Å². The van der Waals surface area contributed by atoms with Crippen molar-refractivity contribution in [3.8, 4) is 0 Å². The van der Waals surface area contributed by atoms with Gasteiger partial charge in [0.25, 0.3) is 11.8 Å². The van der Waals surface area contributed by atoms with Crippen LogP contribution in [-0.2, 0) is 0 Å². The number of nitrogens with zero attached hydrogens (tertiary/aromatic N) is 2. The molecule has 142 valence electrons. The van der Waals surface area contributed by atoms with Gasteiger partial charge < -0.3 is 10.6 Å². The number of aromatic nitrogens is 2. The van der Waals surface area contributed by atoms with Gasteiger partial charge in [0.15, 0.2) is 0 Å². The average molecular weight is 366 g/mol. The Balaban J connectivity index is 1.70. The van der Waals surface area contributed by atoms with Crippen LogP contribution in [-0.4, -0.2) is 34.4 Å². The first-order chi connectivity index (χ1) is 12.9. The molecule has 1 aliphatic carbocycles. The fourth-order valence-electron chi connectivity index (χ4n) is 4.15. The monoisotopic (exact) mass is 366 g/mol. The molecule has 0 aromatic carbocycles. The molecule has 0 bridgehead atoms. The average Bonchev–Trinajstić information content (AvgIpc) is 2.88. The van der Waals surface area contributed by atoms with Crippen LogP contribution in [0.2, 0.25) is 0 Å². The molecule has 0 aliphatic heterocycles. The molecule has 0 spiro atoms. The van der Waals surface area contributed by atoms with Gasteiger partial charge in [0.05, 0.1) is 0 Å². The standard InChI is InChI=1S/C21H26N4O2/c1-14-12-21(2,3)15(13-24-19(26)16-8-4-6-10-22-16)18(14)25-20(27)17-9-5-7-11-23-17/h4-11,14-15,18H,12-13H2,1-3H3,(H,24,26)(H,25,27)/t14-,15+,18-/m1/s1. The van der Waals surface area contributed by atoms with Gasteiger partial charge in [0, 0.05) is 30.9 Å². The summed E-state index contributed by atoms with van der Waals surface area (Å²) in [5, 5.41) is 6.14. The SMILES string of the molecule is C[C@@H]1CC(C)(C)[C@@H](CNC(=O)c2ccccn2)[C@@H]1NC(=O)c1ccccn1. The number of nitrogens with one attached hydrogen (secondary N) is 2. The van der Waals surface area contributed by atoms with Crippen molar-refractivity contribution >= 4 is 11.8 Å². The summed E-state index contributed by atoms with van der Waals surface area (Å²) in [5.41, 5.74) is 0.805. The maximum Gasteiger partial charge on any atom is 0.270 e. The summed E-state index contributed by atoms with van der Waals surface area (Å²) in [4.78, 5) is 33.2. The Morgan fingerprint density at radius 3 is 2.19 bits per heavy atom. The maximum atomic E-state index is 12.6. The zero-order chi connectivity index (χ0) is 19.4. The largest absolute Gasteiger partial charge is 0.350 e. The van der Waals surface area contributed by atoms with E-state index in [9.17, 15) is 9.59 Å². The third-order valence-corrected chi connectivity index (χ3v) is 5.47. The second-order valence-electron chi connectivity index (χ2n) is 7.92.